The predicted octanol–water partition coefficient (Wildman–Crippen LogP) is 2.74. The minimum atomic E-state index is -3.45. The maximum atomic E-state index is 12.2. The number of nitrogens with two attached hydrogens (primary N) is 1. The summed E-state index contributed by atoms with van der Waals surface area (Å²) in [4.78, 5) is 0.292. The van der Waals surface area contributed by atoms with Gasteiger partial charge in [-0.25, -0.2) is 13.1 Å². The van der Waals surface area contributed by atoms with E-state index in [0.29, 0.717) is 22.7 Å². The van der Waals surface area contributed by atoms with Gasteiger partial charge >= 0.3 is 0 Å². The van der Waals surface area contributed by atoms with Gasteiger partial charge in [0.1, 0.15) is 0 Å². The Hall–Kier alpha value is -1.07. The van der Waals surface area contributed by atoms with Crippen LogP contribution in [0.4, 0.5) is 5.69 Å². The zero-order chi connectivity index (χ0) is 14.5. The fourth-order valence-corrected chi connectivity index (χ4v) is 3.40. The largest absolute Gasteiger partial charge is 0.398 e. The molecule has 0 fully saturated rings. The molecule has 0 aliphatic carbocycles. The van der Waals surface area contributed by atoms with Crippen molar-refractivity contribution in [3.63, 3.8) is 0 Å². The van der Waals surface area contributed by atoms with Gasteiger partial charge in [-0.2, -0.15) is 0 Å². The molecule has 19 heavy (non-hydrogen) atoms. The van der Waals surface area contributed by atoms with Gasteiger partial charge in [0.05, 0.1) is 4.90 Å². The Labute approximate surface area is 116 Å². The van der Waals surface area contributed by atoms with Gasteiger partial charge in [-0.1, -0.05) is 26.2 Å². The van der Waals surface area contributed by atoms with Gasteiger partial charge in [0.2, 0.25) is 10.0 Å². The molecule has 0 aromatic heterocycles. The fourth-order valence-electron chi connectivity index (χ4n) is 1.97. The minimum absolute atomic E-state index is 0.292. The summed E-state index contributed by atoms with van der Waals surface area (Å²) >= 11 is 0. The average molecular weight is 284 g/mol. The summed E-state index contributed by atoms with van der Waals surface area (Å²) in [7, 11) is -3.45. The third-order valence-corrected chi connectivity index (χ3v) is 4.74. The highest BCUT2D eigenvalue weighted by Gasteiger charge is 2.17. The molecule has 1 rings (SSSR count). The zero-order valence-electron chi connectivity index (χ0n) is 12.0. The monoisotopic (exact) mass is 284 g/mol. The first kappa shape index (κ1) is 16.0. The number of nitrogen functional groups attached to an aromatic ring is 1. The molecule has 0 aliphatic heterocycles. The first-order valence-electron chi connectivity index (χ1n) is 6.75. The highest BCUT2D eigenvalue weighted by atomic mass is 32.2. The van der Waals surface area contributed by atoms with Crippen LogP contribution < -0.4 is 10.5 Å². The summed E-state index contributed by atoms with van der Waals surface area (Å²) < 4.78 is 27.1. The average Bonchev–Trinajstić information content (AvgIpc) is 2.33. The number of rotatable bonds is 7. The number of hydrogen-bond donors (Lipinski definition) is 2. The van der Waals surface area contributed by atoms with E-state index in [-0.39, 0.29) is 0 Å². The van der Waals surface area contributed by atoms with Crippen LogP contribution in [0.5, 0.6) is 0 Å². The SMILES string of the molecule is CCCCCCNS(=O)(=O)c1cc(C)cc(N)c1C. The molecule has 1 aromatic rings. The summed E-state index contributed by atoms with van der Waals surface area (Å²) in [6, 6.07) is 3.45. The number of benzene rings is 1. The molecule has 0 saturated carbocycles. The third kappa shape index (κ3) is 4.51. The normalized spacial score (nSPS) is 11.7. The van der Waals surface area contributed by atoms with E-state index >= 15 is 0 Å². The fraction of sp³-hybridized carbons (Fsp3) is 0.571. The van der Waals surface area contributed by atoms with Crippen LogP contribution in [-0.2, 0) is 10.0 Å². The lowest BCUT2D eigenvalue weighted by atomic mass is 10.1. The van der Waals surface area contributed by atoms with Crippen LogP contribution in [-0.4, -0.2) is 15.0 Å². The Morgan fingerprint density at radius 3 is 2.47 bits per heavy atom. The number of hydrogen-bond acceptors (Lipinski definition) is 3. The molecule has 0 bridgehead atoms. The van der Waals surface area contributed by atoms with Crippen LogP contribution in [0.1, 0.15) is 43.7 Å². The minimum Gasteiger partial charge on any atom is -0.398 e. The Kier molecular flexibility index (Phi) is 5.82. The number of nitrogens with one attached hydrogen (secondary N) is 1. The van der Waals surface area contributed by atoms with Crippen molar-refractivity contribution < 1.29 is 8.42 Å². The van der Waals surface area contributed by atoms with Crippen LogP contribution in [0.3, 0.4) is 0 Å². The highest BCUT2D eigenvalue weighted by molar-refractivity contribution is 7.89. The molecule has 0 unspecified atom stereocenters. The molecule has 108 valence electrons. The van der Waals surface area contributed by atoms with Gasteiger partial charge in [0.25, 0.3) is 0 Å². The van der Waals surface area contributed by atoms with Crippen molar-refractivity contribution in [2.45, 2.75) is 51.3 Å². The molecular weight excluding hydrogens is 260 g/mol. The van der Waals surface area contributed by atoms with Crippen molar-refractivity contribution >= 4 is 15.7 Å². The Bertz CT molecular complexity index is 524. The molecule has 0 spiro atoms. The Morgan fingerprint density at radius 1 is 1.16 bits per heavy atom. The molecule has 0 aliphatic rings. The Morgan fingerprint density at radius 2 is 1.84 bits per heavy atom. The second-order valence-corrected chi connectivity index (χ2v) is 6.67. The van der Waals surface area contributed by atoms with Crippen molar-refractivity contribution in [1.82, 2.24) is 4.72 Å². The smallest absolute Gasteiger partial charge is 0.240 e. The quantitative estimate of drug-likeness (QED) is 0.597. The van der Waals surface area contributed by atoms with E-state index in [1.165, 1.54) is 0 Å². The summed E-state index contributed by atoms with van der Waals surface area (Å²) in [6.07, 6.45) is 4.19. The van der Waals surface area contributed by atoms with E-state index in [2.05, 4.69) is 11.6 Å². The van der Waals surface area contributed by atoms with Gasteiger partial charge < -0.3 is 5.73 Å². The van der Waals surface area contributed by atoms with E-state index in [4.69, 9.17) is 5.73 Å². The van der Waals surface area contributed by atoms with Crippen molar-refractivity contribution in [3.05, 3.63) is 23.3 Å². The van der Waals surface area contributed by atoms with Gasteiger partial charge in [-0.15, -0.1) is 0 Å². The molecule has 1 aromatic carbocycles. The first-order chi connectivity index (χ1) is 8.88. The van der Waals surface area contributed by atoms with Crippen molar-refractivity contribution in [1.29, 1.82) is 0 Å². The van der Waals surface area contributed by atoms with Crippen LogP contribution in [0, 0.1) is 13.8 Å². The summed E-state index contributed by atoms with van der Waals surface area (Å²) in [5.74, 6) is 0. The predicted molar refractivity (Wildman–Crippen MR) is 79.7 cm³/mol. The zero-order valence-corrected chi connectivity index (χ0v) is 12.8. The van der Waals surface area contributed by atoms with Crippen molar-refractivity contribution in [2.24, 2.45) is 0 Å². The molecule has 5 heteroatoms. The van der Waals surface area contributed by atoms with E-state index in [0.717, 1.165) is 31.2 Å². The standard InChI is InChI=1S/C14H24N2O2S/c1-4-5-6-7-8-16-19(17,18)14-10-11(2)9-13(15)12(14)3/h9-10,16H,4-8,15H2,1-3H3. The van der Waals surface area contributed by atoms with Crippen LogP contribution in [0.2, 0.25) is 0 Å². The maximum absolute atomic E-state index is 12.2. The number of sulfonamides is 1. The van der Waals surface area contributed by atoms with E-state index < -0.39 is 10.0 Å². The Balaban J connectivity index is 2.78. The molecule has 0 atom stereocenters. The second-order valence-electron chi connectivity index (χ2n) is 4.94. The molecule has 4 nitrogen and oxygen atoms in total. The second kappa shape index (κ2) is 6.91. The van der Waals surface area contributed by atoms with Crippen LogP contribution in [0.15, 0.2) is 17.0 Å². The first-order valence-corrected chi connectivity index (χ1v) is 8.23. The van der Waals surface area contributed by atoms with Gasteiger partial charge in [-0.3, -0.25) is 0 Å². The number of unbranched alkanes of at least 4 members (excludes halogenated alkanes) is 3. The summed E-state index contributed by atoms with van der Waals surface area (Å²) in [6.45, 7) is 6.19. The molecular formula is C14H24N2O2S. The van der Waals surface area contributed by atoms with E-state index in [1.54, 1.807) is 19.1 Å². The molecule has 0 heterocycles. The maximum Gasteiger partial charge on any atom is 0.240 e. The molecule has 0 saturated heterocycles. The lowest BCUT2D eigenvalue weighted by Gasteiger charge is -2.12. The van der Waals surface area contributed by atoms with E-state index in [1.807, 2.05) is 6.92 Å². The topological polar surface area (TPSA) is 72.2 Å². The highest BCUT2D eigenvalue weighted by Crippen LogP contribution is 2.22. The lowest BCUT2D eigenvalue weighted by molar-refractivity contribution is 0.573. The van der Waals surface area contributed by atoms with Gasteiger partial charge in [0, 0.05) is 12.2 Å². The van der Waals surface area contributed by atoms with E-state index in [9.17, 15) is 8.42 Å². The lowest BCUT2D eigenvalue weighted by Crippen LogP contribution is -2.25. The third-order valence-electron chi connectivity index (χ3n) is 3.16. The van der Waals surface area contributed by atoms with Gasteiger partial charge in [0.15, 0.2) is 0 Å². The van der Waals surface area contributed by atoms with Crippen molar-refractivity contribution in [2.75, 3.05) is 12.3 Å². The summed E-state index contributed by atoms with van der Waals surface area (Å²) in [5.41, 5.74) is 7.81. The van der Waals surface area contributed by atoms with Crippen LogP contribution in [0.25, 0.3) is 0 Å². The molecule has 3 N–H and O–H groups in total. The number of anilines is 1. The van der Waals surface area contributed by atoms with Gasteiger partial charge in [-0.05, 0) is 43.5 Å². The summed E-state index contributed by atoms with van der Waals surface area (Å²) in [5, 5.41) is 0. The van der Waals surface area contributed by atoms with Crippen molar-refractivity contribution in [3.8, 4) is 0 Å². The molecule has 0 radical (unpaired) electrons. The van der Waals surface area contributed by atoms with Crippen LogP contribution >= 0.6 is 0 Å². The number of aryl methyl sites for hydroxylation is 1. The molecule has 0 amide bonds.